The molecule has 6 heteroatoms. The normalized spacial score (nSPS) is 16.4. The van der Waals surface area contributed by atoms with Gasteiger partial charge in [0.05, 0.1) is 10.6 Å². The van der Waals surface area contributed by atoms with Gasteiger partial charge in [-0.2, -0.15) is 0 Å². The third-order valence-electron chi connectivity index (χ3n) is 3.70. The first-order chi connectivity index (χ1) is 9.99. The van der Waals surface area contributed by atoms with Crippen molar-refractivity contribution < 1.29 is 8.42 Å². The highest BCUT2D eigenvalue weighted by molar-refractivity contribution is 7.91. The number of nitrogens with one attached hydrogen (secondary N) is 1. The van der Waals surface area contributed by atoms with Gasteiger partial charge in [0.25, 0.3) is 0 Å². The molecule has 0 aromatic heterocycles. The Balaban J connectivity index is 2.00. The van der Waals surface area contributed by atoms with Gasteiger partial charge in [-0.25, -0.2) is 8.42 Å². The van der Waals surface area contributed by atoms with Crippen LogP contribution < -0.4 is 10.2 Å². The van der Waals surface area contributed by atoms with E-state index in [1.807, 2.05) is 31.1 Å². The molecule has 118 valence electrons. The Hall–Kier alpha value is -1.11. The molecule has 1 fully saturated rings. The zero-order chi connectivity index (χ0) is 15.3. The second-order valence-corrected chi connectivity index (χ2v) is 7.82. The van der Waals surface area contributed by atoms with Crippen LogP contribution in [0.15, 0.2) is 29.2 Å². The van der Waals surface area contributed by atoms with E-state index in [0.717, 1.165) is 38.4 Å². The van der Waals surface area contributed by atoms with Gasteiger partial charge in [-0.05, 0) is 51.3 Å². The van der Waals surface area contributed by atoms with Crippen LogP contribution in [0.5, 0.6) is 0 Å². The Labute approximate surface area is 127 Å². The summed E-state index contributed by atoms with van der Waals surface area (Å²) in [6, 6.07) is 7.32. The molecule has 0 radical (unpaired) electrons. The number of hydrogen-bond donors (Lipinski definition) is 1. The fourth-order valence-electron chi connectivity index (χ4n) is 2.48. The van der Waals surface area contributed by atoms with Crippen LogP contribution in [0, 0.1) is 0 Å². The quantitative estimate of drug-likeness (QED) is 0.843. The van der Waals surface area contributed by atoms with Crippen molar-refractivity contribution in [2.24, 2.45) is 0 Å². The minimum atomic E-state index is -3.16. The molecule has 1 aromatic rings. The minimum Gasteiger partial charge on any atom is -0.369 e. The molecule has 1 saturated heterocycles. The monoisotopic (exact) mass is 311 g/mol. The number of piperazine rings is 1. The van der Waals surface area contributed by atoms with Crippen LogP contribution in [0.1, 0.15) is 6.42 Å². The van der Waals surface area contributed by atoms with Gasteiger partial charge in [-0.15, -0.1) is 0 Å². The molecule has 0 spiro atoms. The molecule has 0 unspecified atom stereocenters. The fraction of sp³-hybridized carbons (Fsp3) is 0.600. The van der Waals surface area contributed by atoms with Gasteiger partial charge in [-0.3, -0.25) is 0 Å². The second-order valence-electron chi connectivity index (χ2n) is 5.71. The zero-order valence-electron chi connectivity index (χ0n) is 12.9. The van der Waals surface area contributed by atoms with Gasteiger partial charge in [0.15, 0.2) is 9.84 Å². The van der Waals surface area contributed by atoms with E-state index in [0.29, 0.717) is 11.3 Å². The lowest BCUT2D eigenvalue weighted by Crippen LogP contribution is -2.43. The predicted octanol–water partition coefficient (Wildman–Crippen LogP) is 0.822. The van der Waals surface area contributed by atoms with Crippen molar-refractivity contribution in [3.63, 3.8) is 0 Å². The van der Waals surface area contributed by atoms with Gasteiger partial charge in [0.1, 0.15) is 0 Å². The highest BCUT2D eigenvalue weighted by Crippen LogP contribution is 2.19. The third-order valence-corrected chi connectivity index (χ3v) is 5.51. The summed E-state index contributed by atoms with van der Waals surface area (Å²) in [5.74, 6) is 0.207. The number of anilines is 1. The predicted molar refractivity (Wildman–Crippen MR) is 86.7 cm³/mol. The first kappa shape index (κ1) is 16.3. The Morgan fingerprint density at radius 2 is 1.76 bits per heavy atom. The largest absolute Gasteiger partial charge is 0.369 e. The summed E-state index contributed by atoms with van der Waals surface area (Å²) in [6.45, 7) is 4.68. The molecular formula is C15H25N3O2S. The Kier molecular flexibility index (Phi) is 5.61. The van der Waals surface area contributed by atoms with Gasteiger partial charge < -0.3 is 15.1 Å². The van der Waals surface area contributed by atoms with Crippen molar-refractivity contribution in [3.8, 4) is 0 Å². The molecule has 0 bridgehead atoms. The zero-order valence-corrected chi connectivity index (χ0v) is 13.7. The molecule has 0 amide bonds. The maximum atomic E-state index is 12.3. The summed E-state index contributed by atoms with van der Waals surface area (Å²) in [5.41, 5.74) is 1.10. The van der Waals surface area contributed by atoms with Crippen molar-refractivity contribution in [3.05, 3.63) is 24.3 Å². The van der Waals surface area contributed by atoms with Crippen molar-refractivity contribution in [2.75, 3.05) is 57.5 Å². The maximum Gasteiger partial charge on any atom is 0.178 e. The Morgan fingerprint density at radius 1 is 1.14 bits per heavy atom. The lowest BCUT2D eigenvalue weighted by Gasteiger charge is -2.29. The molecule has 0 atom stereocenters. The van der Waals surface area contributed by atoms with Crippen LogP contribution in [0.2, 0.25) is 0 Å². The number of sulfone groups is 1. The van der Waals surface area contributed by atoms with E-state index in [-0.39, 0.29) is 5.75 Å². The average Bonchev–Trinajstić information content (AvgIpc) is 2.48. The van der Waals surface area contributed by atoms with E-state index in [1.54, 1.807) is 12.1 Å². The first-order valence-electron chi connectivity index (χ1n) is 7.42. The summed E-state index contributed by atoms with van der Waals surface area (Å²) in [6.07, 6.45) is 0.662. The molecular weight excluding hydrogens is 286 g/mol. The molecule has 1 aliphatic heterocycles. The van der Waals surface area contributed by atoms with Crippen molar-refractivity contribution in [2.45, 2.75) is 11.3 Å². The number of rotatable bonds is 6. The molecule has 2 rings (SSSR count). The van der Waals surface area contributed by atoms with Crippen LogP contribution in [0.4, 0.5) is 5.69 Å². The molecule has 1 N–H and O–H groups in total. The van der Waals surface area contributed by atoms with E-state index >= 15 is 0 Å². The molecule has 1 aromatic carbocycles. The molecule has 1 aliphatic rings. The molecule has 0 aliphatic carbocycles. The molecule has 1 heterocycles. The van der Waals surface area contributed by atoms with Crippen molar-refractivity contribution >= 4 is 15.5 Å². The molecule has 21 heavy (non-hydrogen) atoms. The Bertz CT molecular complexity index is 535. The van der Waals surface area contributed by atoms with Gasteiger partial charge in [0, 0.05) is 31.9 Å². The van der Waals surface area contributed by atoms with E-state index in [4.69, 9.17) is 0 Å². The standard InChI is InChI=1S/C15H25N3O2S/c1-17(2)10-3-13-21(19,20)15-6-4-14(5-7-15)18-11-8-16-9-12-18/h4-7,16H,3,8-13H2,1-2H3. The number of hydrogen-bond acceptors (Lipinski definition) is 5. The van der Waals surface area contributed by atoms with E-state index in [1.165, 1.54) is 0 Å². The summed E-state index contributed by atoms with van der Waals surface area (Å²) in [4.78, 5) is 4.71. The fourth-order valence-corrected chi connectivity index (χ4v) is 3.77. The SMILES string of the molecule is CN(C)CCCS(=O)(=O)c1ccc(N2CCNCC2)cc1. The topological polar surface area (TPSA) is 52.7 Å². The van der Waals surface area contributed by atoms with E-state index in [9.17, 15) is 8.42 Å². The number of benzene rings is 1. The molecule has 5 nitrogen and oxygen atoms in total. The summed E-state index contributed by atoms with van der Waals surface area (Å²) in [5, 5.41) is 3.31. The van der Waals surface area contributed by atoms with E-state index in [2.05, 4.69) is 10.2 Å². The highest BCUT2D eigenvalue weighted by atomic mass is 32.2. The lowest BCUT2D eigenvalue weighted by atomic mass is 10.2. The van der Waals surface area contributed by atoms with Gasteiger partial charge in [0.2, 0.25) is 0 Å². The second kappa shape index (κ2) is 7.24. The molecule has 0 saturated carbocycles. The average molecular weight is 311 g/mol. The van der Waals surface area contributed by atoms with Crippen molar-refractivity contribution in [1.29, 1.82) is 0 Å². The highest BCUT2D eigenvalue weighted by Gasteiger charge is 2.16. The Morgan fingerprint density at radius 3 is 2.33 bits per heavy atom. The summed E-state index contributed by atoms with van der Waals surface area (Å²) in [7, 11) is 0.746. The van der Waals surface area contributed by atoms with Crippen LogP contribution in [-0.2, 0) is 9.84 Å². The van der Waals surface area contributed by atoms with Crippen LogP contribution in [0.3, 0.4) is 0 Å². The third kappa shape index (κ3) is 4.69. The van der Waals surface area contributed by atoms with Crippen LogP contribution in [-0.4, -0.2) is 65.9 Å². The van der Waals surface area contributed by atoms with E-state index < -0.39 is 9.84 Å². The van der Waals surface area contributed by atoms with Gasteiger partial charge in [-0.1, -0.05) is 0 Å². The summed E-state index contributed by atoms with van der Waals surface area (Å²) >= 11 is 0. The maximum absolute atomic E-state index is 12.3. The van der Waals surface area contributed by atoms with Crippen LogP contribution in [0.25, 0.3) is 0 Å². The van der Waals surface area contributed by atoms with Gasteiger partial charge >= 0.3 is 0 Å². The summed E-state index contributed by atoms with van der Waals surface area (Å²) < 4.78 is 24.5. The lowest BCUT2D eigenvalue weighted by molar-refractivity contribution is 0.408. The number of nitrogens with zero attached hydrogens (tertiary/aromatic N) is 2. The van der Waals surface area contributed by atoms with Crippen LogP contribution >= 0.6 is 0 Å². The van der Waals surface area contributed by atoms with Crippen molar-refractivity contribution in [1.82, 2.24) is 10.2 Å². The smallest absolute Gasteiger partial charge is 0.178 e. The minimum absolute atomic E-state index is 0.207. The first-order valence-corrected chi connectivity index (χ1v) is 9.07.